The van der Waals surface area contributed by atoms with Crippen molar-refractivity contribution in [2.45, 2.75) is 25.5 Å². The molecular weight excluding hydrogens is 258 g/mol. The van der Waals surface area contributed by atoms with E-state index in [-0.39, 0.29) is 12.6 Å². The summed E-state index contributed by atoms with van der Waals surface area (Å²) in [6.45, 7) is 3.46. The van der Waals surface area contributed by atoms with Crippen molar-refractivity contribution in [3.8, 4) is 11.5 Å². The number of benzene rings is 1. The van der Waals surface area contributed by atoms with Gasteiger partial charge in [0.25, 0.3) is 0 Å². The lowest BCUT2D eigenvalue weighted by Gasteiger charge is -2.19. The molecule has 0 aliphatic heterocycles. The predicted octanol–water partition coefficient (Wildman–Crippen LogP) is 1.45. The highest BCUT2D eigenvalue weighted by molar-refractivity contribution is 5.31. The average Bonchev–Trinajstić information content (AvgIpc) is 2.49. The number of aliphatic hydroxyl groups is 1. The first-order valence-corrected chi connectivity index (χ1v) is 6.86. The summed E-state index contributed by atoms with van der Waals surface area (Å²) in [6.07, 6.45) is 0.405. The van der Waals surface area contributed by atoms with Crippen LogP contribution in [0, 0.1) is 0 Å². The molecule has 1 aromatic carbocycles. The van der Waals surface area contributed by atoms with Crippen LogP contribution in [0.25, 0.3) is 0 Å². The highest BCUT2D eigenvalue weighted by Gasteiger charge is 2.10. The maximum absolute atomic E-state index is 9.87. The van der Waals surface area contributed by atoms with Crippen molar-refractivity contribution in [1.29, 1.82) is 0 Å². The van der Waals surface area contributed by atoms with Crippen LogP contribution in [0.1, 0.15) is 13.3 Å². The lowest BCUT2D eigenvalue weighted by Crippen LogP contribution is -2.39. The number of ether oxygens (including phenoxy) is 3. The summed E-state index contributed by atoms with van der Waals surface area (Å²) in [5.74, 6) is 1.50. The highest BCUT2D eigenvalue weighted by atomic mass is 16.5. The van der Waals surface area contributed by atoms with Gasteiger partial charge in [-0.2, -0.15) is 0 Å². The Labute approximate surface area is 120 Å². The Hall–Kier alpha value is -1.30. The zero-order valence-corrected chi connectivity index (χ0v) is 12.5. The van der Waals surface area contributed by atoms with Crippen molar-refractivity contribution >= 4 is 0 Å². The fraction of sp³-hybridized carbons (Fsp3) is 0.600. The molecule has 20 heavy (non-hydrogen) atoms. The van der Waals surface area contributed by atoms with E-state index in [0.29, 0.717) is 18.9 Å². The van der Waals surface area contributed by atoms with Crippen molar-refractivity contribution < 1.29 is 19.3 Å². The Kier molecular flexibility index (Phi) is 8.02. The van der Waals surface area contributed by atoms with E-state index in [9.17, 15) is 5.11 Å². The van der Waals surface area contributed by atoms with Gasteiger partial charge in [-0.25, -0.2) is 0 Å². The molecule has 0 radical (unpaired) electrons. The van der Waals surface area contributed by atoms with Crippen molar-refractivity contribution in [3.63, 3.8) is 0 Å². The number of rotatable bonds is 10. The zero-order valence-electron chi connectivity index (χ0n) is 12.5. The van der Waals surface area contributed by atoms with Crippen LogP contribution in [-0.2, 0) is 4.74 Å². The predicted molar refractivity (Wildman–Crippen MR) is 78.5 cm³/mol. The topological polar surface area (TPSA) is 60.0 Å². The minimum atomic E-state index is -0.553. The Morgan fingerprint density at radius 3 is 2.30 bits per heavy atom. The summed E-state index contributed by atoms with van der Waals surface area (Å²) < 4.78 is 15.7. The number of nitrogens with one attached hydrogen (secondary N) is 1. The van der Waals surface area contributed by atoms with Gasteiger partial charge in [-0.15, -0.1) is 0 Å². The van der Waals surface area contributed by atoms with Crippen LogP contribution in [0.4, 0.5) is 0 Å². The molecule has 2 N–H and O–H groups in total. The van der Waals surface area contributed by atoms with Crippen molar-refractivity contribution in [2.75, 3.05) is 34.0 Å². The molecule has 114 valence electrons. The van der Waals surface area contributed by atoms with Crippen molar-refractivity contribution in [1.82, 2.24) is 5.32 Å². The number of hydrogen-bond acceptors (Lipinski definition) is 5. The lowest BCUT2D eigenvalue weighted by molar-refractivity contribution is 0.0952. The van der Waals surface area contributed by atoms with Crippen LogP contribution < -0.4 is 14.8 Å². The maximum Gasteiger partial charge on any atom is 0.119 e. The second-order valence-corrected chi connectivity index (χ2v) is 4.61. The van der Waals surface area contributed by atoms with Crippen molar-refractivity contribution in [2.24, 2.45) is 0 Å². The van der Waals surface area contributed by atoms with Crippen LogP contribution >= 0.6 is 0 Å². The van der Waals surface area contributed by atoms with Gasteiger partial charge in [-0.05, 0) is 30.7 Å². The first kappa shape index (κ1) is 16.8. The third-order valence-electron chi connectivity index (χ3n) is 3.00. The lowest BCUT2D eigenvalue weighted by atomic mass is 10.2. The van der Waals surface area contributed by atoms with Gasteiger partial charge < -0.3 is 24.6 Å². The van der Waals surface area contributed by atoms with Crippen LogP contribution in [0.15, 0.2) is 24.3 Å². The molecule has 5 heteroatoms. The minimum Gasteiger partial charge on any atom is -0.497 e. The fourth-order valence-corrected chi connectivity index (χ4v) is 1.75. The minimum absolute atomic E-state index is 0.253. The monoisotopic (exact) mass is 283 g/mol. The largest absolute Gasteiger partial charge is 0.497 e. The van der Waals surface area contributed by atoms with Crippen LogP contribution in [-0.4, -0.2) is 51.2 Å². The molecule has 1 aromatic rings. The molecular formula is C15H25NO4. The van der Waals surface area contributed by atoms with E-state index in [0.717, 1.165) is 12.2 Å². The smallest absolute Gasteiger partial charge is 0.119 e. The second kappa shape index (κ2) is 9.58. The van der Waals surface area contributed by atoms with E-state index >= 15 is 0 Å². The number of hydrogen-bond donors (Lipinski definition) is 2. The SMILES string of the molecule is CCC(COC)NCC(O)COc1ccc(OC)cc1. The van der Waals surface area contributed by atoms with E-state index in [2.05, 4.69) is 12.2 Å². The molecule has 0 fully saturated rings. The van der Waals surface area contributed by atoms with Crippen LogP contribution in [0.2, 0.25) is 0 Å². The molecule has 1 rings (SSSR count). The molecule has 2 atom stereocenters. The van der Waals surface area contributed by atoms with Gasteiger partial charge >= 0.3 is 0 Å². The summed E-state index contributed by atoms with van der Waals surface area (Å²) in [6, 6.07) is 7.55. The van der Waals surface area contributed by atoms with E-state index in [1.807, 2.05) is 24.3 Å². The standard InChI is InChI=1S/C15H25NO4/c1-4-12(10-18-2)16-9-13(17)11-20-15-7-5-14(19-3)6-8-15/h5-8,12-13,16-17H,4,9-11H2,1-3H3. The summed E-state index contributed by atoms with van der Waals surface area (Å²) in [5.41, 5.74) is 0. The van der Waals surface area contributed by atoms with Gasteiger partial charge in [-0.3, -0.25) is 0 Å². The fourth-order valence-electron chi connectivity index (χ4n) is 1.75. The first-order chi connectivity index (χ1) is 9.69. The van der Waals surface area contributed by atoms with Gasteiger partial charge in [0.05, 0.1) is 13.7 Å². The molecule has 0 saturated heterocycles. The van der Waals surface area contributed by atoms with E-state index in [4.69, 9.17) is 14.2 Å². The quantitative estimate of drug-likeness (QED) is 0.680. The molecule has 2 unspecified atom stereocenters. The second-order valence-electron chi connectivity index (χ2n) is 4.61. The van der Waals surface area contributed by atoms with Gasteiger partial charge in [-0.1, -0.05) is 6.92 Å². The Morgan fingerprint density at radius 1 is 1.10 bits per heavy atom. The third kappa shape index (κ3) is 6.23. The number of methoxy groups -OCH3 is 2. The molecule has 5 nitrogen and oxygen atoms in total. The molecule has 0 amide bonds. The van der Waals surface area contributed by atoms with Gasteiger partial charge in [0.1, 0.15) is 24.2 Å². The number of aliphatic hydroxyl groups excluding tert-OH is 1. The molecule has 0 aromatic heterocycles. The van der Waals surface area contributed by atoms with Gasteiger partial charge in [0.15, 0.2) is 0 Å². The summed E-state index contributed by atoms with van der Waals surface area (Å²) in [7, 11) is 3.29. The third-order valence-corrected chi connectivity index (χ3v) is 3.00. The molecule has 0 aliphatic rings. The Bertz CT molecular complexity index is 355. The summed E-state index contributed by atoms with van der Waals surface area (Å²) in [4.78, 5) is 0. The molecule has 0 heterocycles. The Balaban J connectivity index is 2.26. The summed E-state index contributed by atoms with van der Waals surface area (Å²) >= 11 is 0. The normalized spacial score (nSPS) is 13.8. The zero-order chi connectivity index (χ0) is 14.8. The first-order valence-electron chi connectivity index (χ1n) is 6.86. The van der Waals surface area contributed by atoms with E-state index in [1.165, 1.54) is 0 Å². The molecule has 0 aliphatic carbocycles. The molecule has 0 saturated carbocycles. The van der Waals surface area contributed by atoms with Crippen LogP contribution in [0.5, 0.6) is 11.5 Å². The van der Waals surface area contributed by atoms with Crippen molar-refractivity contribution in [3.05, 3.63) is 24.3 Å². The molecule has 0 bridgehead atoms. The Morgan fingerprint density at radius 2 is 1.75 bits per heavy atom. The van der Waals surface area contributed by atoms with E-state index < -0.39 is 6.10 Å². The average molecular weight is 283 g/mol. The molecule has 0 spiro atoms. The summed E-state index contributed by atoms with van der Waals surface area (Å²) in [5, 5.41) is 13.1. The van der Waals surface area contributed by atoms with Gasteiger partial charge in [0.2, 0.25) is 0 Å². The maximum atomic E-state index is 9.87. The van der Waals surface area contributed by atoms with Crippen LogP contribution in [0.3, 0.4) is 0 Å². The van der Waals surface area contributed by atoms with E-state index in [1.54, 1.807) is 14.2 Å². The van der Waals surface area contributed by atoms with Gasteiger partial charge in [0, 0.05) is 19.7 Å². The highest BCUT2D eigenvalue weighted by Crippen LogP contribution is 2.16.